The second-order valence-corrected chi connectivity index (χ2v) is 9.03. The van der Waals surface area contributed by atoms with Gasteiger partial charge in [-0.05, 0) is 48.0 Å². The summed E-state index contributed by atoms with van der Waals surface area (Å²) in [7, 11) is 0. The molecule has 1 atom stereocenters. The predicted molar refractivity (Wildman–Crippen MR) is 137 cm³/mol. The van der Waals surface area contributed by atoms with Gasteiger partial charge in [-0.1, -0.05) is 40.2 Å². The van der Waals surface area contributed by atoms with Crippen molar-refractivity contribution in [3.8, 4) is 11.3 Å². The molecule has 0 radical (unpaired) electrons. The van der Waals surface area contributed by atoms with Gasteiger partial charge >= 0.3 is 6.18 Å². The van der Waals surface area contributed by atoms with Crippen molar-refractivity contribution in [3.05, 3.63) is 106 Å². The Labute approximate surface area is 219 Å². The van der Waals surface area contributed by atoms with E-state index in [0.29, 0.717) is 29.4 Å². The van der Waals surface area contributed by atoms with Gasteiger partial charge in [0.25, 0.3) is 5.91 Å². The molecule has 0 bridgehead atoms. The van der Waals surface area contributed by atoms with E-state index < -0.39 is 17.8 Å². The molecular weight excluding hydrogens is 549 g/mol. The number of amides is 1. The van der Waals surface area contributed by atoms with Crippen LogP contribution in [-0.2, 0) is 12.7 Å². The number of nitrogens with one attached hydrogen (secondary N) is 2. The second-order valence-electron chi connectivity index (χ2n) is 8.11. The number of nitrogens with zero attached hydrogens (tertiary/aromatic N) is 3. The summed E-state index contributed by atoms with van der Waals surface area (Å²) in [5.74, 6) is 0.109. The second kappa shape index (κ2) is 11.5. The summed E-state index contributed by atoms with van der Waals surface area (Å²) >= 11 is 3.41. The minimum Gasteiger partial charge on any atom is -0.352 e. The van der Waals surface area contributed by atoms with E-state index >= 15 is 0 Å². The highest BCUT2D eigenvalue weighted by Crippen LogP contribution is 2.28. The molecule has 0 saturated carbocycles. The van der Waals surface area contributed by atoms with E-state index in [1.807, 2.05) is 24.3 Å². The molecule has 0 aliphatic carbocycles. The molecule has 0 aliphatic rings. The van der Waals surface area contributed by atoms with Gasteiger partial charge in [0, 0.05) is 41.1 Å². The van der Waals surface area contributed by atoms with E-state index in [-0.39, 0.29) is 12.5 Å². The topological polar surface area (TPSA) is 106 Å². The maximum absolute atomic E-state index is 12.7. The third-order valence-corrected chi connectivity index (χ3v) is 5.91. The third kappa shape index (κ3) is 7.11. The van der Waals surface area contributed by atoms with Crippen molar-refractivity contribution in [3.63, 3.8) is 0 Å². The van der Waals surface area contributed by atoms with Gasteiger partial charge in [-0.3, -0.25) is 9.78 Å². The zero-order valence-electron chi connectivity index (χ0n) is 19.3. The first kappa shape index (κ1) is 26.2. The van der Waals surface area contributed by atoms with Gasteiger partial charge in [0.15, 0.2) is 0 Å². The Morgan fingerprint density at radius 1 is 1.03 bits per heavy atom. The van der Waals surface area contributed by atoms with Crippen LogP contribution in [0.15, 0.2) is 83.6 Å². The van der Waals surface area contributed by atoms with Crippen LogP contribution in [-0.4, -0.2) is 27.4 Å². The van der Waals surface area contributed by atoms with Crippen molar-refractivity contribution in [2.24, 2.45) is 5.73 Å². The number of nitrogens with two attached hydrogens (primary N) is 1. The first-order valence-electron chi connectivity index (χ1n) is 11.2. The molecule has 37 heavy (non-hydrogen) atoms. The number of hydrogen-bond acceptors (Lipinski definition) is 6. The highest BCUT2D eigenvalue weighted by atomic mass is 79.9. The van der Waals surface area contributed by atoms with E-state index in [1.165, 1.54) is 6.07 Å². The quantitative estimate of drug-likeness (QED) is 0.263. The number of benzene rings is 2. The van der Waals surface area contributed by atoms with Crippen LogP contribution in [0.5, 0.6) is 0 Å². The van der Waals surface area contributed by atoms with Crippen molar-refractivity contribution in [2.75, 3.05) is 11.9 Å². The standard InChI is InChI=1S/C26H22BrF3N6O/c27-20-3-1-2-16(12-20)13-34-24(37)18-6-4-17(5-7-18)22-10-11-32-25(36-22)35-15-21(31)23-9-8-19(14-33-23)26(28,29)30/h1-12,14,21H,13,15,31H2,(H,34,37)(H,32,35,36). The van der Waals surface area contributed by atoms with Gasteiger partial charge < -0.3 is 16.4 Å². The van der Waals surface area contributed by atoms with Crippen LogP contribution in [0.4, 0.5) is 19.1 Å². The van der Waals surface area contributed by atoms with E-state index in [9.17, 15) is 18.0 Å². The average Bonchev–Trinajstić information content (AvgIpc) is 2.90. The summed E-state index contributed by atoms with van der Waals surface area (Å²) in [4.78, 5) is 25.0. The molecular formula is C26H22BrF3N6O. The van der Waals surface area contributed by atoms with Crippen LogP contribution in [0.2, 0.25) is 0 Å². The van der Waals surface area contributed by atoms with Gasteiger partial charge in [0.1, 0.15) is 0 Å². The van der Waals surface area contributed by atoms with Crippen molar-refractivity contribution < 1.29 is 18.0 Å². The van der Waals surface area contributed by atoms with Gasteiger partial charge in [-0.15, -0.1) is 0 Å². The number of pyridine rings is 1. The summed E-state index contributed by atoms with van der Waals surface area (Å²) in [6.07, 6.45) is -2.12. The molecule has 1 amide bonds. The van der Waals surface area contributed by atoms with Crippen LogP contribution in [0, 0.1) is 0 Å². The molecule has 4 aromatic rings. The summed E-state index contributed by atoms with van der Waals surface area (Å²) in [5, 5.41) is 5.88. The maximum atomic E-state index is 12.7. The summed E-state index contributed by atoms with van der Waals surface area (Å²) in [5.41, 5.74) is 8.44. The Bertz CT molecular complexity index is 1360. The zero-order valence-corrected chi connectivity index (χ0v) is 20.9. The van der Waals surface area contributed by atoms with E-state index in [2.05, 4.69) is 41.5 Å². The van der Waals surface area contributed by atoms with Gasteiger partial charge in [-0.2, -0.15) is 13.2 Å². The zero-order chi connectivity index (χ0) is 26.4. The molecule has 4 N–H and O–H groups in total. The molecule has 0 spiro atoms. The first-order chi connectivity index (χ1) is 17.7. The van der Waals surface area contributed by atoms with Crippen molar-refractivity contribution >= 4 is 27.8 Å². The smallest absolute Gasteiger partial charge is 0.352 e. The molecule has 4 rings (SSSR count). The maximum Gasteiger partial charge on any atom is 0.417 e. The third-order valence-electron chi connectivity index (χ3n) is 5.41. The fraction of sp³-hybridized carbons (Fsp3) is 0.154. The number of halogens is 4. The number of alkyl halides is 3. The van der Waals surface area contributed by atoms with Crippen LogP contribution >= 0.6 is 15.9 Å². The molecule has 2 heterocycles. The molecule has 0 fully saturated rings. The van der Waals surface area contributed by atoms with Crippen molar-refractivity contribution in [2.45, 2.75) is 18.8 Å². The van der Waals surface area contributed by atoms with E-state index in [1.54, 1.807) is 36.5 Å². The van der Waals surface area contributed by atoms with Crippen LogP contribution in [0.1, 0.15) is 33.2 Å². The summed E-state index contributed by atoms with van der Waals surface area (Å²) in [6.45, 7) is 0.573. The normalized spacial score (nSPS) is 12.1. The van der Waals surface area contributed by atoms with Crippen LogP contribution in [0.3, 0.4) is 0 Å². The minimum atomic E-state index is -4.45. The fourth-order valence-electron chi connectivity index (χ4n) is 3.43. The summed E-state index contributed by atoms with van der Waals surface area (Å²) < 4.78 is 39.1. The Balaban J connectivity index is 1.35. The van der Waals surface area contributed by atoms with E-state index in [0.717, 1.165) is 27.9 Å². The molecule has 190 valence electrons. The van der Waals surface area contributed by atoms with Crippen molar-refractivity contribution in [1.82, 2.24) is 20.3 Å². The van der Waals surface area contributed by atoms with Gasteiger partial charge in [0.05, 0.1) is 23.0 Å². The SMILES string of the molecule is NC(CNc1nccc(-c2ccc(C(=O)NCc3cccc(Br)c3)cc2)n1)c1ccc(C(F)(F)F)cn1. The lowest BCUT2D eigenvalue weighted by molar-refractivity contribution is -0.137. The lowest BCUT2D eigenvalue weighted by Gasteiger charge is -2.14. The van der Waals surface area contributed by atoms with Crippen molar-refractivity contribution in [1.29, 1.82) is 0 Å². The lowest BCUT2D eigenvalue weighted by Crippen LogP contribution is -2.23. The molecule has 7 nitrogen and oxygen atoms in total. The average molecular weight is 571 g/mol. The number of anilines is 1. The fourth-order valence-corrected chi connectivity index (χ4v) is 3.87. The number of carbonyl (C=O) groups is 1. The highest BCUT2D eigenvalue weighted by Gasteiger charge is 2.30. The van der Waals surface area contributed by atoms with E-state index in [4.69, 9.17) is 5.73 Å². The molecule has 1 unspecified atom stereocenters. The Morgan fingerprint density at radius 3 is 2.49 bits per heavy atom. The van der Waals surface area contributed by atoms with Crippen LogP contribution in [0.25, 0.3) is 11.3 Å². The first-order valence-corrected chi connectivity index (χ1v) is 12.0. The molecule has 0 saturated heterocycles. The number of rotatable bonds is 8. The molecule has 2 aromatic carbocycles. The largest absolute Gasteiger partial charge is 0.417 e. The predicted octanol–water partition coefficient (Wildman–Crippen LogP) is 5.36. The molecule has 0 aliphatic heterocycles. The Kier molecular flexibility index (Phi) is 8.14. The van der Waals surface area contributed by atoms with Gasteiger partial charge in [0.2, 0.25) is 5.95 Å². The minimum absolute atomic E-state index is 0.166. The number of carbonyl (C=O) groups excluding carboxylic acids is 1. The van der Waals surface area contributed by atoms with Gasteiger partial charge in [-0.25, -0.2) is 9.97 Å². The highest BCUT2D eigenvalue weighted by molar-refractivity contribution is 9.10. The Morgan fingerprint density at radius 2 is 1.81 bits per heavy atom. The Hall–Kier alpha value is -3.83. The molecule has 11 heteroatoms. The number of aromatic nitrogens is 3. The number of hydrogen-bond donors (Lipinski definition) is 3. The monoisotopic (exact) mass is 570 g/mol. The molecule has 2 aromatic heterocycles. The lowest BCUT2D eigenvalue weighted by atomic mass is 10.1. The van der Waals surface area contributed by atoms with Crippen LogP contribution < -0.4 is 16.4 Å². The summed E-state index contributed by atoms with van der Waals surface area (Å²) in [6, 6.07) is 18.0.